The summed E-state index contributed by atoms with van der Waals surface area (Å²) in [5.41, 5.74) is 0. The fraction of sp³-hybridized carbons (Fsp3) is 0.923. The smallest absolute Gasteiger partial charge is 0.0173 e. The molecule has 2 fully saturated rings. The molecule has 0 aliphatic carbocycles. The quantitative estimate of drug-likeness (QED) is 0.687. The van der Waals surface area contributed by atoms with Crippen molar-refractivity contribution in [1.29, 1.82) is 0 Å². The molecule has 17 heavy (non-hydrogen) atoms. The minimum absolute atomic E-state index is 0.667. The molecule has 3 nitrogen and oxygen atoms in total. The number of rotatable bonds is 2. The van der Waals surface area contributed by atoms with Gasteiger partial charge in [-0.15, -0.1) is 0 Å². The van der Waals surface area contributed by atoms with E-state index >= 15 is 0 Å². The molecule has 0 bridgehead atoms. The van der Waals surface area contributed by atoms with E-state index in [4.69, 9.17) is 0 Å². The van der Waals surface area contributed by atoms with Gasteiger partial charge in [-0.3, -0.25) is 14.0 Å². The Kier molecular flexibility index (Phi) is 4.16. The SMILES string of the molecule is C=S1(=O)CCC(N2CCN(C(C)C)CC2)CC1. The molecule has 0 atom stereocenters. The van der Waals surface area contributed by atoms with Gasteiger partial charge < -0.3 is 0 Å². The third kappa shape index (κ3) is 3.46. The fourth-order valence-electron chi connectivity index (χ4n) is 2.93. The number of piperazine rings is 1. The molecular formula is C13H26N2OS. The van der Waals surface area contributed by atoms with Crippen LogP contribution >= 0.6 is 0 Å². The van der Waals surface area contributed by atoms with Crippen molar-refractivity contribution in [2.75, 3.05) is 37.7 Å². The Bertz CT molecular complexity index is 328. The lowest BCUT2D eigenvalue weighted by Gasteiger charge is -2.42. The molecule has 0 radical (unpaired) electrons. The van der Waals surface area contributed by atoms with Gasteiger partial charge in [0, 0.05) is 49.8 Å². The van der Waals surface area contributed by atoms with Crippen LogP contribution in [0.4, 0.5) is 0 Å². The first-order chi connectivity index (χ1) is 7.98. The lowest BCUT2D eigenvalue weighted by Crippen LogP contribution is -2.53. The van der Waals surface area contributed by atoms with E-state index in [9.17, 15) is 4.21 Å². The van der Waals surface area contributed by atoms with Gasteiger partial charge in [-0.2, -0.15) is 0 Å². The highest BCUT2D eigenvalue weighted by Crippen LogP contribution is 2.20. The normalized spacial score (nSPS) is 37.5. The first-order valence-corrected chi connectivity index (χ1v) is 8.85. The van der Waals surface area contributed by atoms with Crippen LogP contribution in [0.5, 0.6) is 0 Å². The van der Waals surface area contributed by atoms with E-state index in [1.54, 1.807) is 0 Å². The van der Waals surface area contributed by atoms with Crippen molar-refractivity contribution in [2.24, 2.45) is 0 Å². The largest absolute Gasteiger partial charge is 0.298 e. The van der Waals surface area contributed by atoms with Crippen molar-refractivity contribution in [3.63, 3.8) is 0 Å². The summed E-state index contributed by atoms with van der Waals surface area (Å²) in [4.78, 5) is 5.15. The molecule has 0 spiro atoms. The standard InChI is InChI=1S/C13H26N2OS/c1-12(2)14-6-8-15(9-7-14)13-4-10-17(3,16)11-5-13/h12-13H,3-11H2,1-2H3. The van der Waals surface area contributed by atoms with Crippen LogP contribution in [0.2, 0.25) is 0 Å². The molecule has 0 aromatic heterocycles. The van der Waals surface area contributed by atoms with Gasteiger partial charge in [-0.05, 0) is 42.1 Å². The Morgan fingerprint density at radius 2 is 1.65 bits per heavy atom. The Balaban J connectivity index is 1.82. The first kappa shape index (κ1) is 13.4. The van der Waals surface area contributed by atoms with Crippen LogP contribution in [0.3, 0.4) is 0 Å². The summed E-state index contributed by atoms with van der Waals surface area (Å²) in [5.74, 6) is 5.52. The third-order valence-electron chi connectivity index (χ3n) is 4.24. The second kappa shape index (κ2) is 5.29. The number of hydrogen-bond donors (Lipinski definition) is 0. The molecule has 0 aromatic carbocycles. The van der Waals surface area contributed by atoms with Crippen molar-refractivity contribution in [1.82, 2.24) is 9.80 Å². The maximum Gasteiger partial charge on any atom is 0.0173 e. The molecule has 100 valence electrons. The Labute approximate surface area is 106 Å². The second-order valence-corrected chi connectivity index (χ2v) is 8.52. The minimum atomic E-state index is -1.72. The van der Waals surface area contributed by atoms with Crippen LogP contribution in [0.1, 0.15) is 26.7 Å². The Morgan fingerprint density at radius 1 is 1.12 bits per heavy atom. The summed E-state index contributed by atoms with van der Waals surface area (Å²) in [7, 11) is -1.72. The van der Waals surface area contributed by atoms with Gasteiger partial charge in [0.1, 0.15) is 0 Å². The van der Waals surface area contributed by atoms with E-state index in [1.807, 2.05) is 0 Å². The number of nitrogens with zero attached hydrogens (tertiary/aromatic N) is 2. The average Bonchev–Trinajstić information content (AvgIpc) is 2.29. The molecule has 2 aliphatic heterocycles. The highest BCUT2D eigenvalue weighted by atomic mass is 32.2. The van der Waals surface area contributed by atoms with E-state index in [0.717, 1.165) is 24.3 Å². The van der Waals surface area contributed by atoms with E-state index in [1.165, 1.54) is 26.2 Å². The highest BCUT2D eigenvalue weighted by Gasteiger charge is 2.28. The lowest BCUT2D eigenvalue weighted by molar-refractivity contribution is 0.0747. The van der Waals surface area contributed by atoms with Crippen molar-refractivity contribution >= 4 is 15.4 Å². The molecule has 2 saturated heterocycles. The number of hydrogen-bond acceptors (Lipinski definition) is 3. The third-order valence-corrected chi connectivity index (χ3v) is 6.20. The zero-order valence-corrected chi connectivity index (χ0v) is 12.0. The fourth-order valence-corrected chi connectivity index (χ4v) is 4.54. The Hall–Kier alpha value is -0.0600. The topological polar surface area (TPSA) is 23.6 Å². The van der Waals surface area contributed by atoms with Gasteiger partial charge >= 0.3 is 0 Å². The zero-order chi connectivity index (χ0) is 12.5. The molecule has 2 heterocycles. The van der Waals surface area contributed by atoms with Crippen LogP contribution in [0.25, 0.3) is 0 Å². The highest BCUT2D eigenvalue weighted by molar-refractivity contribution is 8.00. The van der Waals surface area contributed by atoms with Gasteiger partial charge in [0.05, 0.1) is 0 Å². The molecule has 0 N–H and O–H groups in total. The Morgan fingerprint density at radius 3 is 2.12 bits per heavy atom. The van der Waals surface area contributed by atoms with Crippen LogP contribution in [0.15, 0.2) is 0 Å². The van der Waals surface area contributed by atoms with Crippen LogP contribution in [-0.4, -0.2) is 69.6 Å². The van der Waals surface area contributed by atoms with Crippen molar-refractivity contribution in [3.8, 4) is 0 Å². The molecule has 2 rings (SSSR count). The van der Waals surface area contributed by atoms with Gasteiger partial charge in [0.15, 0.2) is 0 Å². The van der Waals surface area contributed by atoms with Crippen LogP contribution in [-0.2, 0) is 9.52 Å². The average molecular weight is 258 g/mol. The monoisotopic (exact) mass is 258 g/mol. The van der Waals surface area contributed by atoms with Crippen LogP contribution < -0.4 is 0 Å². The van der Waals surface area contributed by atoms with Crippen molar-refractivity contribution in [2.45, 2.75) is 38.8 Å². The maximum atomic E-state index is 11.8. The summed E-state index contributed by atoms with van der Waals surface area (Å²) in [6.45, 7) is 9.28. The predicted octanol–water partition coefficient (Wildman–Crippen LogP) is 0.891. The first-order valence-electron chi connectivity index (χ1n) is 6.79. The summed E-state index contributed by atoms with van der Waals surface area (Å²) in [6.07, 6.45) is 2.17. The zero-order valence-electron chi connectivity index (χ0n) is 11.2. The van der Waals surface area contributed by atoms with E-state index in [0.29, 0.717) is 12.1 Å². The summed E-state index contributed by atoms with van der Waals surface area (Å²) in [5, 5.41) is 0. The van der Waals surface area contributed by atoms with Crippen LogP contribution in [0, 0.1) is 0 Å². The summed E-state index contributed by atoms with van der Waals surface area (Å²) in [6, 6.07) is 1.34. The van der Waals surface area contributed by atoms with Gasteiger partial charge in [-0.1, -0.05) is 0 Å². The lowest BCUT2D eigenvalue weighted by atomic mass is 10.1. The van der Waals surface area contributed by atoms with Gasteiger partial charge in [0.2, 0.25) is 0 Å². The maximum absolute atomic E-state index is 11.8. The molecule has 0 amide bonds. The molecular weight excluding hydrogens is 232 g/mol. The van der Waals surface area contributed by atoms with E-state index in [-0.39, 0.29) is 0 Å². The predicted molar refractivity (Wildman–Crippen MR) is 76.3 cm³/mol. The van der Waals surface area contributed by atoms with Gasteiger partial charge in [0.25, 0.3) is 0 Å². The summed E-state index contributed by atoms with van der Waals surface area (Å²) >= 11 is 0. The van der Waals surface area contributed by atoms with E-state index in [2.05, 4.69) is 29.5 Å². The minimum Gasteiger partial charge on any atom is -0.298 e. The summed E-state index contributed by atoms with van der Waals surface area (Å²) < 4.78 is 11.8. The molecule has 0 unspecified atom stereocenters. The van der Waals surface area contributed by atoms with Gasteiger partial charge in [-0.25, -0.2) is 0 Å². The second-order valence-electron chi connectivity index (χ2n) is 5.77. The molecule has 2 aliphatic rings. The van der Waals surface area contributed by atoms with Crippen molar-refractivity contribution < 1.29 is 4.21 Å². The van der Waals surface area contributed by atoms with Crippen molar-refractivity contribution in [3.05, 3.63) is 0 Å². The molecule has 0 aromatic rings. The van der Waals surface area contributed by atoms with E-state index < -0.39 is 9.52 Å². The molecule has 4 heteroatoms. The molecule has 0 saturated carbocycles.